The molecule has 0 amide bonds. The summed E-state index contributed by atoms with van der Waals surface area (Å²) < 4.78 is 23.4. The van der Waals surface area contributed by atoms with Gasteiger partial charge in [0, 0.05) is 6.00 Å². The average Bonchev–Trinajstić information content (AvgIpc) is 2.53. The zero-order valence-electron chi connectivity index (χ0n) is 11.2. The normalized spacial score (nSPS) is 45.1. The van der Waals surface area contributed by atoms with Crippen LogP contribution in [0, 0.1) is 0 Å². The summed E-state index contributed by atoms with van der Waals surface area (Å²) in [5, 5.41) is 0. The molecule has 0 aliphatic carbocycles. The fourth-order valence-electron chi connectivity index (χ4n) is 2.58. The molecule has 2 fully saturated rings. The fraction of sp³-hybridized carbons (Fsp3) is 1.00. The largest absolute Gasteiger partial charge is 0.367 e. The van der Waals surface area contributed by atoms with E-state index >= 15 is 0 Å². The van der Waals surface area contributed by atoms with E-state index in [9.17, 15) is 0 Å². The van der Waals surface area contributed by atoms with Gasteiger partial charge in [-0.2, -0.15) is 0 Å². The van der Waals surface area contributed by atoms with Crippen LogP contribution in [-0.4, -0.2) is 50.2 Å². The molecule has 2 aliphatic heterocycles. The second-order valence-electron chi connectivity index (χ2n) is 5.32. The van der Waals surface area contributed by atoms with Crippen LogP contribution in [0.15, 0.2) is 0 Å². The van der Waals surface area contributed by atoms with Crippen molar-refractivity contribution in [1.29, 1.82) is 0 Å². The van der Waals surface area contributed by atoms with Crippen molar-refractivity contribution in [3.8, 4) is 0 Å². The van der Waals surface area contributed by atoms with Crippen LogP contribution in [0.5, 0.6) is 0 Å². The molecule has 96 valence electrons. The molecule has 2 bridgehead atoms. The van der Waals surface area contributed by atoms with Crippen LogP contribution >= 0.6 is 0 Å². The van der Waals surface area contributed by atoms with E-state index in [1.54, 1.807) is 0 Å². The zero-order valence-corrected chi connectivity index (χ0v) is 11.2. The molecule has 2 heterocycles. The monoisotopic (exact) mass is 240 g/mol. The van der Waals surface area contributed by atoms with Gasteiger partial charge < -0.3 is 18.9 Å². The molecule has 2 saturated heterocycles. The molecule has 2 rings (SSSR count). The minimum atomic E-state index is -0.859. The van der Waals surface area contributed by atoms with Crippen LogP contribution in [0.1, 0.15) is 34.6 Å². The lowest BCUT2D eigenvalue weighted by molar-refractivity contribution is -0.307. The quantitative estimate of drug-likeness (QED) is 0.692. The fourth-order valence-corrected chi connectivity index (χ4v) is 2.58. The maximum absolute atomic E-state index is 5.93. The number of hydrogen-bond acceptors (Lipinski definition) is 4. The van der Waals surface area contributed by atoms with Gasteiger partial charge in [-0.25, -0.2) is 0 Å². The first-order valence-corrected chi connectivity index (χ1v) is 6.29. The van der Waals surface area contributed by atoms with Crippen LogP contribution in [-0.2, 0) is 18.9 Å². The molecular weight excluding hydrogens is 219 g/mol. The molecular formula is C12H21BO4. The van der Waals surface area contributed by atoms with Crippen molar-refractivity contribution in [2.45, 2.75) is 76.9 Å². The van der Waals surface area contributed by atoms with E-state index < -0.39 is 11.8 Å². The van der Waals surface area contributed by atoms with Crippen LogP contribution in [0.25, 0.3) is 0 Å². The molecule has 2 radical (unpaired) electrons. The first kappa shape index (κ1) is 13.3. The average molecular weight is 240 g/mol. The van der Waals surface area contributed by atoms with E-state index in [2.05, 4.69) is 0 Å². The van der Waals surface area contributed by atoms with Gasteiger partial charge in [0.25, 0.3) is 0 Å². The van der Waals surface area contributed by atoms with Crippen molar-refractivity contribution >= 4 is 7.85 Å². The molecule has 17 heavy (non-hydrogen) atoms. The highest BCUT2D eigenvalue weighted by Crippen LogP contribution is 2.46. The molecule has 1 unspecified atom stereocenters. The van der Waals surface area contributed by atoms with Gasteiger partial charge in [0.1, 0.15) is 26.2 Å². The van der Waals surface area contributed by atoms with Crippen molar-refractivity contribution in [1.82, 2.24) is 0 Å². The third-order valence-corrected chi connectivity index (χ3v) is 3.11. The maximum atomic E-state index is 5.93. The van der Waals surface area contributed by atoms with Crippen LogP contribution in [0.2, 0.25) is 0 Å². The minimum Gasteiger partial charge on any atom is -0.367 e. The molecule has 0 aromatic carbocycles. The molecule has 0 aromatic rings. The Labute approximate surface area is 104 Å². The van der Waals surface area contributed by atoms with Crippen molar-refractivity contribution in [3.63, 3.8) is 0 Å². The standard InChI is InChI=1S/C12H21BO4/c1-6(2)14-10-9-11(13)17-12(10,8(5)15-9)16-7(3)4/h6-11H,1-5H3/t8-,9+,10?,11-,12+/m1/s1. The highest BCUT2D eigenvalue weighted by molar-refractivity contribution is 6.11. The lowest BCUT2D eigenvalue weighted by Crippen LogP contribution is -2.51. The SMILES string of the molecule is [B][C@@H]1O[C@]2(OC(C)C)C(OC(C)C)[C@@H]1O[C@@H]2C. The zero-order chi connectivity index (χ0) is 12.8. The second-order valence-corrected chi connectivity index (χ2v) is 5.32. The van der Waals surface area contributed by atoms with Crippen LogP contribution in [0.4, 0.5) is 0 Å². The second kappa shape index (κ2) is 4.54. The molecule has 5 atom stereocenters. The Balaban J connectivity index is 2.23. The molecule has 5 heteroatoms. The molecule has 2 aliphatic rings. The van der Waals surface area contributed by atoms with E-state index in [-0.39, 0.29) is 30.5 Å². The smallest absolute Gasteiger partial charge is 0.224 e. The Kier molecular flexibility index (Phi) is 3.56. The number of hydrogen-bond donors (Lipinski definition) is 0. The third-order valence-electron chi connectivity index (χ3n) is 3.11. The lowest BCUT2D eigenvalue weighted by Gasteiger charge is -2.37. The van der Waals surface area contributed by atoms with Crippen molar-refractivity contribution in [2.24, 2.45) is 0 Å². The first-order valence-electron chi connectivity index (χ1n) is 6.29. The summed E-state index contributed by atoms with van der Waals surface area (Å²) in [6, 6.07) is -0.478. The maximum Gasteiger partial charge on any atom is 0.224 e. The predicted octanol–water partition coefficient (Wildman–Crippen LogP) is 1.21. The van der Waals surface area contributed by atoms with Gasteiger partial charge in [0.2, 0.25) is 5.79 Å². The van der Waals surface area contributed by atoms with E-state index in [0.29, 0.717) is 0 Å². The van der Waals surface area contributed by atoms with Gasteiger partial charge in [-0.3, -0.25) is 0 Å². The van der Waals surface area contributed by atoms with Crippen molar-refractivity contribution in [3.05, 3.63) is 0 Å². The lowest BCUT2D eigenvalue weighted by atomic mass is 9.93. The van der Waals surface area contributed by atoms with Gasteiger partial charge in [0.05, 0.1) is 12.2 Å². The van der Waals surface area contributed by atoms with Gasteiger partial charge in [-0.05, 0) is 34.6 Å². The highest BCUT2D eigenvalue weighted by atomic mass is 16.8. The van der Waals surface area contributed by atoms with Gasteiger partial charge in [-0.1, -0.05) is 0 Å². The molecule has 0 N–H and O–H groups in total. The van der Waals surface area contributed by atoms with E-state index in [0.717, 1.165) is 0 Å². The minimum absolute atomic E-state index is 0.0309. The van der Waals surface area contributed by atoms with Crippen LogP contribution in [0.3, 0.4) is 0 Å². The van der Waals surface area contributed by atoms with E-state index in [1.807, 2.05) is 34.6 Å². The third kappa shape index (κ3) is 2.14. The summed E-state index contributed by atoms with van der Waals surface area (Å²) in [6.07, 6.45) is -0.553. The highest BCUT2D eigenvalue weighted by Gasteiger charge is 2.66. The summed E-state index contributed by atoms with van der Waals surface area (Å²) in [6.45, 7) is 9.84. The van der Waals surface area contributed by atoms with Gasteiger partial charge >= 0.3 is 0 Å². The van der Waals surface area contributed by atoms with Gasteiger partial charge in [-0.15, -0.1) is 0 Å². The molecule has 0 aromatic heterocycles. The summed E-state index contributed by atoms with van der Waals surface area (Å²) in [4.78, 5) is 0. The van der Waals surface area contributed by atoms with Crippen LogP contribution < -0.4 is 0 Å². The Hall–Kier alpha value is -0.0951. The predicted molar refractivity (Wildman–Crippen MR) is 63.9 cm³/mol. The Morgan fingerprint density at radius 2 is 1.82 bits per heavy atom. The number of fused-ring (bicyclic) bond motifs is 2. The number of rotatable bonds is 4. The molecule has 4 nitrogen and oxygen atoms in total. The van der Waals surface area contributed by atoms with E-state index in [1.165, 1.54) is 0 Å². The Morgan fingerprint density at radius 3 is 2.35 bits per heavy atom. The summed E-state index contributed by atoms with van der Waals surface area (Å²) >= 11 is 0. The summed E-state index contributed by atoms with van der Waals surface area (Å²) in [5.74, 6) is -0.859. The topological polar surface area (TPSA) is 36.9 Å². The summed E-state index contributed by atoms with van der Waals surface area (Å²) in [5.41, 5.74) is 0. The molecule has 0 spiro atoms. The van der Waals surface area contributed by atoms with Crippen molar-refractivity contribution in [2.75, 3.05) is 0 Å². The van der Waals surface area contributed by atoms with Crippen molar-refractivity contribution < 1.29 is 18.9 Å². The summed E-state index contributed by atoms with van der Waals surface area (Å²) in [7, 11) is 5.90. The Bertz CT molecular complexity index is 284. The van der Waals surface area contributed by atoms with E-state index in [4.69, 9.17) is 26.8 Å². The first-order chi connectivity index (χ1) is 7.86. The van der Waals surface area contributed by atoms with Gasteiger partial charge in [0.15, 0.2) is 0 Å². The Morgan fingerprint density at radius 1 is 1.18 bits per heavy atom. The number of ether oxygens (including phenoxy) is 4. The molecule has 0 saturated carbocycles.